The van der Waals surface area contributed by atoms with Crippen molar-refractivity contribution in [1.29, 1.82) is 0 Å². The van der Waals surface area contributed by atoms with Gasteiger partial charge in [-0.1, -0.05) is 383 Å². The van der Waals surface area contributed by atoms with Crippen LogP contribution in [0.4, 0.5) is 0 Å². The van der Waals surface area contributed by atoms with Crippen molar-refractivity contribution in [2.75, 3.05) is 40.9 Å². The number of hydrogen-bond acceptors (Lipinski definition) is 6. The summed E-state index contributed by atoms with van der Waals surface area (Å²) in [4.78, 5) is 25.7. The summed E-state index contributed by atoms with van der Waals surface area (Å²) < 4.78 is 23.6. The van der Waals surface area contributed by atoms with E-state index >= 15 is 0 Å². The number of hydrogen-bond donors (Lipinski definition) is 2. The molecule has 0 aromatic carbocycles. The molecule has 0 saturated carbocycles. The Labute approximate surface area is 549 Å². The highest BCUT2D eigenvalue weighted by Gasteiger charge is 2.24. The SMILES string of the molecule is CC/C=C\C/C=C\C/C=C\C/C=C\C/C=C\CCCCCCCCCCCCCCCCCCCCCCCCCCCC(=O)NC(COP(=O)([O-])OCC[N+](C)(C)C)C(O)CCCCCCCCCCCCCCCCCCCCCCCCCCC. The highest BCUT2D eigenvalue weighted by Crippen LogP contribution is 2.38. The minimum atomic E-state index is -4.58. The molecule has 0 bridgehead atoms. The molecule has 0 aromatic heterocycles. The van der Waals surface area contributed by atoms with Crippen LogP contribution in [0.5, 0.6) is 0 Å². The van der Waals surface area contributed by atoms with E-state index in [1.54, 1.807) is 0 Å². The molecular formula is C79H151N2O6P. The molecule has 0 aliphatic rings. The Kier molecular flexibility index (Phi) is 68.1. The van der Waals surface area contributed by atoms with Crippen LogP contribution in [-0.2, 0) is 18.4 Å². The van der Waals surface area contributed by atoms with E-state index in [1.165, 1.54) is 289 Å². The first-order chi connectivity index (χ1) is 43.0. The molecule has 0 aliphatic carbocycles. The normalized spacial score (nSPS) is 13.9. The van der Waals surface area contributed by atoms with Gasteiger partial charge >= 0.3 is 0 Å². The van der Waals surface area contributed by atoms with Crippen LogP contribution in [0.2, 0.25) is 0 Å². The Morgan fingerprint density at radius 1 is 0.409 bits per heavy atom. The van der Waals surface area contributed by atoms with E-state index in [2.05, 4.69) is 79.9 Å². The minimum absolute atomic E-state index is 0.0142. The number of likely N-dealkylation sites (N-methyl/N-ethyl adjacent to an activating group) is 1. The number of allylic oxidation sites excluding steroid dienone is 10. The Morgan fingerprint density at radius 2 is 0.693 bits per heavy atom. The lowest BCUT2D eigenvalue weighted by atomic mass is 10.0. The summed E-state index contributed by atoms with van der Waals surface area (Å²) in [6.45, 7) is 4.67. The molecule has 9 heteroatoms. The standard InChI is InChI=1S/C79H151N2O6P/c1-6-8-10-12-14-16-18-20-22-24-26-28-30-32-33-34-35-36-37-38-39-40-41-42-43-44-45-46-47-49-51-53-55-57-59-61-63-65-67-69-71-73-79(83)80-77(76-87-88(84,85)86-75-74-81(3,4)5)78(82)72-70-68-66-64-62-60-58-56-54-52-50-48-31-29-27-25-23-21-19-17-15-13-11-9-7-2/h8,10,14,16,20,22,26,28,32-33,77-78,82H,6-7,9,11-13,15,17-19,21,23-25,27,29-31,34-76H2,1-5H3,(H-,80,83,84,85)/b10-8-,16-14-,22-20-,28-26-,33-32-. The first-order valence-electron chi connectivity index (χ1n) is 38.6. The van der Waals surface area contributed by atoms with Crippen molar-refractivity contribution in [2.45, 2.75) is 398 Å². The van der Waals surface area contributed by atoms with Crippen molar-refractivity contribution >= 4 is 13.7 Å². The molecule has 0 spiro atoms. The Balaban J connectivity index is 3.90. The molecule has 0 aromatic rings. The van der Waals surface area contributed by atoms with Crippen molar-refractivity contribution in [3.05, 3.63) is 60.8 Å². The summed E-state index contributed by atoms with van der Waals surface area (Å²) in [6.07, 6.45) is 96.2. The maximum Gasteiger partial charge on any atom is 0.268 e. The third-order valence-corrected chi connectivity index (χ3v) is 18.7. The van der Waals surface area contributed by atoms with Crippen molar-refractivity contribution < 1.29 is 32.9 Å². The van der Waals surface area contributed by atoms with Gasteiger partial charge in [0.25, 0.3) is 7.82 Å². The zero-order valence-electron chi connectivity index (χ0n) is 59.4. The molecule has 3 unspecified atom stereocenters. The second-order valence-electron chi connectivity index (χ2n) is 27.7. The van der Waals surface area contributed by atoms with Crippen LogP contribution >= 0.6 is 7.82 Å². The van der Waals surface area contributed by atoms with E-state index in [9.17, 15) is 19.4 Å². The van der Waals surface area contributed by atoms with Crippen LogP contribution in [0.25, 0.3) is 0 Å². The summed E-state index contributed by atoms with van der Waals surface area (Å²) in [5.41, 5.74) is 0. The first kappa shape index (κ1) is 86.2. The first-order valence-corrected chi connectivity index (χ1v) is 40.1. The van der Waals surface area contributed by atoms with E-state index in [0.717, 1.165) is 70.6 Å². The maximum atomic E-state index is 13.1. The van der Waals surface area contributed by atoms with Gasteiger partial charge in [-0.15, -0.1) is 0 Å². The fourth-order valence-corrected chi connectivity index (χ4v) is 12.6. The van der Waals surface area contributed by atoms with E-state index < -0.39 is 20.0 Å². The molecular weight excluding hydrogens is 1100 g/mol. The second-order valence-corrected chi connectivity index (χ2v) is 29.1. The van der Waals surface area contributed by atoms with Crippen LogP contribution in [0.15, 0.2) is 60.8 Å². The predicted octanol–water partition coefficient (Wildman–Crippen LogP) is 24.5. The average molecular weight is 1260 g/mol. The van der Waals surface area contributed by atoms with Crippen molar-refractivity contribution in [1.82, 2.24) is 5.32 Å². The van der Waals surface area contributed by atoms with Crippen LogP contribution in [0.1, 0.15) is 386 Å². The fourth-order valence-electron chi connectivity index (χ4n) is 11.8. The number of amides is 1. The molecule has 88 heavy (non-hydrogen) atoms. The van der Waals surface area contributed by atoms with Gasteiger partial charge in [0.2, 0.25) is 5.91 Å². The highest BCUT2D eigenvalue weighted by atomic mass is 31.2. The molecule has 0 radical (unpaired) electrons. The summed E-state index contributed by atoms with van der Waals surface area (Å²) in [5, 5.41) is 14.1. The third-order valence-electron chi connectivity index (χ3n) is 17.8. The lowest BCUT2D eigenvalue weighted by Crippen LogP contribution is -2.46. The molecule has 0 fully saturated rings. The van der Waals surface area contributed by atoms with Crippen molar-refractivity contribution in [3.8, 4) is 0 Å². The zero-order valence-corrected chi connectivity index (χ0v) is 60.3. The largest absolute Gasteiger partial charge is 0.756 e. The molecule has 0 saturated heterocycles. The van der Waals surface area contributed by atoms with Crippen LogP contribution in [-0.4, -0.2) is 68.5 Å². The molecule has 2 N–H and O–H groups in total. The monoisotopic (exact) mass is 1260 g/mol. The average Bonchev–Trinajstić information content (AvgIpc) is 3.71. The number of nitrogens with one attached hydrogen (secondary N) is 1. The van der Waals surface area contributed by atoms with Crippen LogP contribution in [0.3, 0.4) is 0 Å². The van der Waals surface area contributed by atoms with Gasteiger partial charge in [-0.2, -0.15) is 0 Å². The van der Waals surface area contributed by atoms with Gasteiger partial charge in [-0.3, -0.25) is 9.36 Å². The number of aliphatic hydroxyl groups is 1. The topological polar surface area (TPSA) is 108 Å². The number of quaternary nitrogens is 1. The predicted molar refractivity (Wildman–Crippen MR) is 385 cm³/mol. The Morgan fingerprint density at radius 3 is 1.01 bits per heavy atom. The number of aliphatic hydroxyl groups excluding tert-OH is 1. The van der Waals surface area contributed by atoms with Crippen molar-refractivity contribution in [2.24, 2.45) is 0 Å². The van der Waals surface area contributed by atoms with Crippen molar-refractivity contribution in [3.63, 3.8) is 0 Å². The van der Waals surface area contributed by atoms with Crippen LogP contribution in [0, 0.1) is 0 Å². The zero-order chi connectivity index (χ0) is 64.1. The van der Waals surface area contributed by atoms with Gasteiger partial charge in [0, 0.05) is 6.42 Å². The molecule has 0 rings (SSSR count). The summed E-state index contributed by atoms with van der Waals surface area (Å²) in [6, 6.07) is -0.801. The van der Waals surface area contributed by atoms with Gasteiger partial charge in [-0.25, -0.2) is 0 Å². The lowest BCUT2D eigenvalue weighted by Gasteiger charge is -2.30. The van der Waals surface area contributed by atoms with Gasteiger partial charge in [0.05, 0.1) is 39.9 Å². The minimum Gasteiger partial charge on any atom is -0.756 e. The van der Waals surface area contributed by atoms with E-state index in [0.29, 0.717) is 23.9 Å². The quantitative estimate of drug-likeness (QED) is 0.0272. The van der Waals surface area contributed by atoms with Gasteiger partial charge in [0.15, 0.2) is 0 Å². The fraction of sp³-hybridized carbons (Fsp3) is 0.861. The maximum absolute atomic E-state index is 13.1. The molecule has 8 nitrogen and oxygen atoms in total. The van der Waals surface area contributed by atoms with Gasteiger partial charge < -0.3 is 28.8 Å². The van der Waals surface area contributed by atoms with E-state index in [-0.39, 0.29) is 19.1 Å². The molecule has 3 atom stereocenters. The molecule has 0 heterocycles. The number of nitrogens with zero attached hydrogens (tertiary/aromatic N) is 1. The number of carbonyl (C=O) groups excluding carboxylic acids is 1. The van der Waals surface area contributed by atoms with E-state index in [1.807, 2.05) is 21.1 Å². The third kappa shape index (κ3) is 71.6. The summed E-state index contributed by atoms with van der Waals surface area (Å²) in [7, 11) is 1.32. The molecule has 518 valence electrons. The van der Waals surface area contributed by atoms with E-state index in [4.69, 9.17) is 9.05 Å². The smallest absolute Gasteiger partial charge is 0.268 e. The second kappa shape index (κ2) is 69.5. The highest BCUT2D eigenvalue weighted by molar-refractivity contribution is 7.45. The number of phosphoric acid groups is 1. The summed E-state index contributed by atoms with van der Waals surface area (Å²) in [5.74, 6) is -0.156. The summed E-state index contributed by atoms with van der Waals surface area (Å²) >= 11 is 0. The number of phosphoric ester groups is 1. The molecule has 0 aliphatic heterocycles. The van der Waals surface area contributed by atoms with Crippen LogP contribution < -0.4 is 10.2 Å². The van der Waals surface area contributed by atoms with Gasteiger partial charge in [-0.05, 0) is 57.8 Å². The molecule has 1 amide bonds. The number of carbonyl (C=O) groups is 1. The Hall–Kier alpha value is -1.80. The number of rotatable bonds is 72. The lowest BCUT2D eigenvalue weighted by molar-refractivity contribution is -0.870. The Bertz CT molecular complexity index is 1620. The van der Waals surface area contributed by atoms with Gasteiger partial charge in [0.1, 0.15) is 13.2 Å². The number of unbranched alkanes of at least 4 members (excludes halogenated alkanes) is 49.